The van der Waals surface area contributed by atoms with Crippen molar-refractivity contribution in [3.05, 3.63) is 54.6 Å². The van der Waals surface area contributed by atoms with Gasteiger partial charge in [-0.05, 0) is 48.7 Å². The highest BCUT2D eigenvalue weighted by Crippen LogP contribution is 2.22. The van der Waals surface area contributed by atoms with Crippen molar-refractivity contribution in [2.45, 2.75) is 26.3 Å². The van der Waals surface area contributed by atoms with Gasteiger partial charge in [0, 0.05) is 5.69 Å². The van der Waals surface area contributed by atoms with Gasteiger partial charge in [-0.3, -0.25) is 4.79 Å². The lowest BCUT2D eigenvalue weighted by molar-refractivity contribution is -0.117. The van der Waals surface area contributed by atoms with Crippen molar-refractivity contribution in [1.29, 1.82) is 0 Å². The second kappa shape index (κ2) is 7.61. The Morgan fingerprint density at radius 3 is 2.23 bits per heavy atom. The largest absolute Gasteiger partial charge is 0.457 e. The molecule has 0 saturated carbocycles. The first-order chi connectivity index (χ1) is 10.5. The second-order valence-corrected chi connectivity index (χ2v) is 5.66. The van der Waals surface area contributed by atoms with Crippen molar-refractivity contribution in [3.8, 4) is 11.5 Å². The van der Waals surface area contributed by atoms with E-state index in [-0.39, 0.29) is 5.91 Å². The maximum absolute atomic E-state index is 12.0. The highest BCUT2D eigenvalue weighted by Gasteiger charge is 2.14. The molecule has 1 atom stereocenters. The Morgan fingerprint density at radius 2 is 1.64 bits per heavy atom. The molecule has 2 aromatic rings. The summed E-state index contributed by atoms with van der Waals surface area (Å²) < 4.78 is 5.70. The normalized spacial score (nSPS) is 12.0. The zero-order chi connectivity index (χ0) is 15.9. The minimum Gasteiger partial charge on any atom is -0.457 e. The molecule has 0 aromatic heterocycles. The molecule has 0 aliphatic carbocycles. The molecule has 2 rings (SSSR count). The summed E-state index contributed by atoms with van der Waals surface area (Å²) in [5, 5.41) is 2.82. The highest BCUT2D eigenvalue weighted by atomic mass is 16.5. The van der Waals surface area contributed by atoms with Gasteiger partial charge < -0.3 is 15.8 Å². The lowest BCUT2D eigenvalue weighted by atomic mass is 10.0. The van der Waals surface area contributed by atoms with Crippen molar-refractivity contribution >= 4 is 11.6 Å². The van der Waals surface area contributed by atoms with E-state index in [0.29, 0.717) is 18.0 Å². The number of carbonyl (C=O) groups excluding carboxylic acids is 1. The van der Waals surface area contributed by atoms with Gasteiger partial charge in [-0.25, -0.2) is 0 Å². The van der Waals surface area contributed by atoms with Gasteiger partial charge in [0.15, 0.2) is 0 Å². The Bertz CT molecular complexity index is 594. The van der Waals surface area contributed by atoms with Gasteiger partial charge in [0.1, 0.15) is 11.5 Å². The molecule has 4 nitrogen and oxygen atoms in total. The molecule has 0 aliphatic rings. The Kier molecular flexibility index (Phi) is 5.55. The van der Waals surface area contributed by atoms with E-state index in [2.05, 4.69) is 5.32 Å². The van der Waals surface area contributed by atoms with Crippen LogP contribution >= 0.6 is 0 Å². The van der Waals surface area contributed by atoms with Crippen LogP contribution in [0.25, 0.3) is 0 Å². The van der Waals surface area contributed by atoms with E-state index in [1.165, 1.54) is 0 Å². The fraction of sp³-hybridized carbons (Fsp3) is 0.278. The van der Waals surface area contributed by atoms with Crippen LogP contribution in [0.3, 0.4) is 0 Å². The summed E-state index contributed by atoms with van der Waals surface area (Å²) >= 11 is 0. The molecular weight excluding hydrogens is 276 g/mol. The number of para-hydroxylation sites is 1. The van der Waals surface area contributed by atoms with Crippen LogP contribution in [0.4, 0.5) is 5.69 Å². The summed E-state index contributed by atoms with van der Waals surface area (Å²) in [6.07, 6.45) is 0.668. The Balaban J connectivity index is 1.93. The summed E-state index contributed by atoms with van der Waals surface area (Å²) in [6.45, 7) is 4.09. The van der Waals surface area contributed by atoms with E-state index in [0.717, 1.165) is 11.5 Å². The van der Waals surface area contributed by atoms with Crippen LogP contribution in [-0.2, 0) is 4.79 Å². The van der Waals surface area contributed by atoms with Crippen LogP contribution < -0.4 is 15.8 Å². The average molecular weight is 298 g/mol. The van der Waals surface area contributed by atoms with Gasteiger partial charge >= 0.3 is 0 Å². The lowest BCUT2D eigenvalue weighted by Gasteiger charge is -2.14. The lowest BCUT2D eigenvalue weighted by Crippen LogP contribution is -2.36. The van der Waals surface area contributed by atoms with Crippen LogP contribution in [0.2, 0.25) is 0 Å². The van der Waals surface area contributed by atoms with Crippen molar-refractivity contribution in [3.63, 3.8) is 0 Å². The quantitative estimate of drug-likeness (QED) is 0.852. The number of anilines is 1. The molecule has 0 fully saturated rings. The number of rotatable bonds is 6. The number of nitrogens with two attached hydrogens (primary N) is 1. The van der Waals surface area contributed by atoms with Gasteiger partial charge in [-0.2, -0.15) is 0 Å². The van der Waals surface area contributed by atoms with Gasteiger partial charge in [-0.15, -0.1) is 0 Å². The van der Waals surface area contributed by atoms with Crippen molar-refractivity contribution < 1.29 is 9.53 Å². The number of hydrogen-bond acceptors (Lipinski definition) is 3. The van der Waals surface area contributed by atoms with Crippen molar-refractivity contribution in [2.75, 3.05) is 5.32 Å². The molecular formula is C18H22N2O2. The first kappa shape index (κ1) is 16.0. The van der Waals surface area contributed by atoms with E-state index >= 15 is 0 Å². The van der Waals surface area contributed by atoms with Crippen LogP contribution in [0.1, 0.15) is 20.3 Å². The Hall–Kier alpha value is -2.33. The minimum atomic E-state index is -0.486. The van der Waals surface area contributed by atoms with Crippen LogP contribution in [0.15, 0.2) is 54.6 Å². The molecule has 116 valence electrons. The van der Waals surface area contributed by atoms with Crippen LogP contribution in [0, 0.1) is 5.92 Å². The zero-order valence-electron chi connectivity index (χ0n) is 13.0. The predicted octanol–water partition coefficient (Wildman–Crippen LogP) is 3.79. The SMILES string of the molecule is CC(C)C[C@H](N)C(=O)Nc1ccc(Oc2ccccc2)cc1. The maximum atomic E-state index is 12.0. The first-order valence-electron chi connectivity index (χ1n) is 7.44. The van der Waals surface area contributed by atoms with Gasteiger partial charge in [0.05, 0.1) is 6.04 Å². The molecule has 3 N–H and O–H groups in total. The molecule has 0 saturated heterocycles. The molecule has 1 amide bonds. The summed E-state index contributed by atoms with van der Waals surface area (Å²) in [5.74, 6) is 1.72. The molecule has 0 radical (unpaired) electrons. The maximum Gasteiger partial charge on any atom is 0.241 e. The fourth-order valence-electron chi connectivity index (χ4n) is 2.08. The van der Waals surface area contributed by atoms with E-state index in [4.69, 9.17) is 10.5 Å². The number of amides is 1. The van der Waals surface area contributed by atoms with Gasteiger partial charge in [-0.1, -0.05) is 32.0 Å². The van der Waals surface area contributed by atoms with E-state index < -0.39 is 6.04 Å². The standard InChI is InChI=1S/C18H22N2O2/c1-13(2)12-17(19)18(21)20-14-8-10-16(11-9-14)22-15-6-4-3-5-7-15/h3-11,13,17H,12,19H2,1-2H3,(H,20,21)/t17-/m0/s1. The van der Waals surface area contributed by atoms with Crippen molar-refractivity contribution in [1.82, 2.24) is 0 Å². The number of carbonyl (C=O) groups is 1. The third-order valence-corrected chi connectivity index (χ3v) is 3.16. The molecule has 0 bridgehead atoms. The molecule has 0 spiro atoms. The highest BCUT2D eigenvalue weighted by molar-refractivity contribution is 5.94. The Morgan fingerprint density at radius 1 is 1.05 bits per heavy atom. The molecule has 22 heavy (non-hydrogen) atoms. The number of nitrogens with one attached hydrogen (secondary N) is 1. The molecule has 0 aliphatic heterocycles. The average Bonchev–Trinajstić information content (AvgIpc) is 2.49. The van der Waals surface area contributed by atoms with Crippen LogP contribution in [-0.4, -0.2) is 11.9 Å². The first-order valence-corrected chi connectivity index (χ1v) is 7.44. The minimum absolute atomic E-state index is 0.162. The zero-order valence-corrected chi connectivity index (χ0v) is 13.0. The molecule has 0 heterocycles. The molecule has 0 unspecified atom stereocenters. The number of ether oxygens (including phenoxy) is 1. The summed E-state index contributed by atoms with van der Waals surface area (Å²) in [7, 11) is 0. The number of hydrogen-bond donors (Lipinski definition) is 2. The Labute approximate surface area is 131 Å². The van der Waals surface area contributed by atoms with Gasteiger partial charge in [0.25, 0.3) is 0 Å². The monoisotopic (exact) mass is 298 g/mol. The third kappa shape index (κ3) is 4.90. The van der Waals surface area contributed by atoms with E-state index in [9.17, 15) is 4.79 Å². The number of benzene rings is 2. The smallest absolute Gasteiger partial charge is 0.241 e. The van der Waals surface area contributed by atoms with E-state index in [1.807, 2.05) is 56.3 Å². The molecule has 2 aromatic carbocycles. The van der Waals surface area contributed by atoms with Crippen LogP contribution in [0.5, 0.6) is 11.5 Å². The summed E-state index contributed by atoms with van der Waals surface area (Å²) in [4.78, 5) is 12.0. The third-order valence-electron chi connectivity index (χ3n) is 3.16. The van der Waals surface area contributed by atoms with Gasteiger partial charge in [0.2, 0.25) is 5.91 Å². The second-order valence-electron chi connectivity index (χ2n) is 5.66. The van der Waals surface area contributed by atoms with Crippen molar-refractivity contribution in [2.24, 2.45) is 11.7 Å². The molecule has 4 heteroatoms. The summed E-state index contributed by atoms with van der Waals surface area (Å²) in [5.41, 5.74) is 6.57. The predicted molar refractivity (Wildman–Crippen MR) is 89.0 cm³/mol. The fourth-order valence-corrected chi connectivity index (χ4v) is 2.08. The summed E-state index contributed by atoms with van der Waals surface area (Å²) in [6, 6.07) is 16.3. The van der Waals surface area contributed by atoms with E-state index in [1.54, 1.807) is 12.1 Å². The topological polar surface area (TPSA) is 64.4 Å².